The van der Waals surface area contributed by atoms with E-state index < -0.39 is 5.82 Å². The number of fused-ring (bicyclic) bond motifs is 3. The van der Waals surface area contributed by atoms with Crippen molar-refractivity contribution in [3.8, 4) is 17.0 Å². The van der Waals surface area contributed by atoms with Gasteiger partial charge in [0.15, 0.2) is 12.6 Å². The van der Waals surface area contributed by atoms with Gasteiger partial charge >= 0.3 is 0 Å². The molecule has 0 aliphatic rings. The van der Waals surface area contributed by atoms with Crippen molar-refractivity contribution in [2.75, 3.05) is 19.2 Å². The number of pyridine rings is 2. The number of hydrogen-bond acceptors (Lipinski definition) is 7. The van der Waals surface area contributed by atoms with E-state index in [2.05, 4.69) is 30.2 Å². The molecule has 0 atom stereocenters. The molecular formula is C29H23ClF2N6O2. The van der Waals surface area contributed by atoms with Gasteiger partial charge in [-0.2, -0.15) is 0 Å². The number of H-pyrrole nitrogens is 1. The maximum absolute atomic E-state index is 16.3. The van der Waals surface area contributed by atoms with Crippen molar-refractivity contribution in [3.05, 3.63) is 83.0 Å². The third-order valence-electron chi connectivity index (χ3n) is 6.73. The number of nitrogens with zero attached hydrogens (tertiary/aromatic N) is 4. The van der Waals surface area contributed by atoms with Crippen molar-refractivity contribution in [2.45, 2.75) is 19.9 Å². The van der Waals surface area contributed by atoms with E-state index in [1.54, 1.807) is 24.4 Å². The Labute approximate surface area is 232 Å². The summed E-state index contributed by atoms with van der Waals surface area (Å²) in [5.74, 6) is -0.339. The fourth-order valence-electron chi connectivity index (χ4n) is 4.92. The van der Waals surface area contributed by atoms with Crippen LogP contribution >= 0.6 is 11.6 Å². The van der Waals surface area contributed by atoms with Gasteiger partial charge in [0.1, 0.15) is 34.2 Å². The maximum Gasteiger partial charge on any atom is 0.225 e. The highest BCUT2D eigenvalue weighted by molar-refractivity contribution is 6.28. The molecule has 0 saturated carbocycles. The first-order valence-corrected chi connectivity index (χ1v) is 12.9. The van der Waals surface area contributed by atoms with Crippen LogP contribution in [0.15, 0.2) is 55.0 Å². The molecule has 0 radical (unpaired) electrons. The number of nitrogens with one attached hydrogen (secondary N) is 2. The Bertz CT molecular complexity index is 1890. The molecule has 0 aliphatic carbocycles. The van der Waals surface area contributed by atoms with E-state index >= 15 is 4.39 Å². The first kappa shape index (κ1) is 25.8. The maximum atomic E-state index is 16.3. The summed E-state index contributed by atoms with van der Waals surface area (Å²) in [6, 6.07) is 10.2. The summed E-state index contributed by atoms with van der Waals surface area (Å²) in [5, 5.41) is 5.62. The highest BCUT2D eigenvalue weighted by atomic mass is 35.5. The molecule has 6 rings (SSSR count). The molecule has 0 spiro atoms. The summed E-state index contributed by atoms with van der Waals surface area (Å²) in [6.07, 6.45) is 5.44. The van der Waals surface area contributed by atoms with Gasteiger partial charge in [-0.15, -0.1) is 0 Å². The lowest BCUT2D eigenvalue weighted by atomic mass is 9.94. The Hall–Kier alpha value is -4.41. The lowest BCUT2D eigenvalue weighted by molar-refractivity contribution is 0.0512. The first-order valence-electron chi connectivity index (χ1n) is 12.5. The van der Waals surface area contributed by atoms with Gasteiger partial charge in [-0.3, -0.25) is 4.98 Å². The molecule has 0 saturated heterocycles. The molecular weight excluding hydrogens is 538 g/mol. The quantitative estimate of drug-likeness (QED) is 0.156. The molecule has 0 unspecified atom stereocenters. The molecule has 202 valence electrons. The van der Waals surface area contributed by atoms with Crippen molar-refractivity contribution < 1.29 is 18.3 Å². The van der Waals surface area contributed by atoms with Crippen LogP contribution in [0.2, 0.25) is 5.28 Å². The Balaban J connectivity index is 1.48. The van der Waals surface area contributed by atoms with Crippen LogP contribution in [-0.2, 0) is 17.7 Å². The molecule has 2 N–H and O–H groups in total. The fraction of sp³-hybridized carbons (Fsp3) is 0.172. The van der Waals surface area contributed by atoms with Crippen LogP contribution in [-0.4, -0.2) is 38.8 Å². The van der Waals surface area contributed by atoms with Gasteiger partial charge in [0.25, 0.3) is 0 Å². The molecule has 40 heavy (non-hydrogen) atoms. The smallest absolute Gasteiger partial charge is 0.225 e. The van der Waals surface area contributed by atoms with Gasteiger partial charge in [-0.1, -0.05) is 13.0 Å². The number of benzene rings is 2. The van der Waals surface area contributed by atoms with Crippen LogP contribution < -0.4 is 10.1 Å². The molecule has 8 nitrogen and oxygen atoms in total. The molecule has 0 fully saturated rings. The van der Waals surface area contributed by atoms with Gasteiger partial charge in [0.05, 0.1) is 5.39 Å². The highest BCUT2D eigenvalue weighted by Gasteiger charge is 2.21. The molecule has 4 heterocycles. The van der Waals surface area contributed by atoms with E-state index in [9.17, 15) is 4.39 Å². The summed E-state index contributed by atoms with van der Waals surface area (Å²) in [6.45, 7) is 2.21. The molecule has 6 aromatic rings. The molecule has 11 heteroatoms. The van der Waals surface area contributed by atoms with E-state index in [1.165, 1.54) is 19.4 Å². The minimum atomic E-state index is -0.711. The molecule has 0 aliphatic heterocycles. The van der Waals surface area contributed by atoms with Crippen molar-refractivity contribution in [2.24, 2.45) is 0 Å². The highest BCUT2D eigenvalue weighted by Crippen LogP contribution is 2.39. The number of aromatic nitrogens is 5. The molecule has 0 bridgehead atoms. The van der Waals surface area contributed by atoms with Gasteiger partial charge in [0.2, 0.25) is 5.28 Å². The first-order chi connectivity index (χ1) is 19.5. The normalized spacial score (nSPS) is 11.5. The summed E-state index contributed by atoms with van der Waals surface area (Å²) in [4.78, 5) is 20.4. The number of halogens is 3. The van der Waals surface area contributed by atoms with E-state index in [1.807, 2.05) is 25.3 Å². The van der Waals surface area contributed by atoms with E-state index in [0.717, 1.165) is 16.6 Å². The molecule has 0 amide bonds. The van der Waals surface area contributed by atoms with E-state index in [4.69, 9.17) is 21.1 Å². The Morgan fingerprint density at radius 2 is 1.95 bits per heavy atom. The van der Waals surface area contributed by atoms with Gasteiger partial charge in [-0.05, 0) is 70.3 Å². The van der Waals surface area contributed by atoms with Gasteiger partial charge in [0, 0.05) is 43.2 Å². The second kappa shape index (κ2) is 10.6. The van der Waals surface area contributed by atoms with Crippen LogP contribution in [0.5, 0.6) is 5.75 Å². The fourth-order valence-corrected chi connectivity index (χ4v) is 5.09. The number of rotatable bonds is 8. The van der Waals surface area contributed by atoms with Crippen LogP contribution in [0.4, 0.5) is 14.6 Å². The van der Waals surface area contributed by atoms with Crippen LogP contribution in [0.1, 0.15) is 18.1 Å². The van der Waals surface area contributed by atoms with Crippen LogP contribution in [0.3, 0.4) is 0 Å². The second-order valence-corrected chi connectivity index (χ2v) is 9.43. The van der Waals surface area contributed by atoms with Crippen molar-refractivity contribution >= 4 is 50.1 Å². The van der Waals surface area contributed by atoms with Crippen LogP contribution in [0, 0.1) is 11.6 Å². The zero-order chi connectivity index (χ0) is 27.8. The zero-order valence-electron chi connectivity index (χ0n) is 21.6. The van der Waals surface area contributed by atoms with Crippen molar-refractivity contribution in [3.63, 3.8) is 0 Å². The number of hydrogen-bond donors (Lipinski definition) is 2. The molecule has 4 aromatic heterocycles. The largest absolute Gasteiger partial charge is 0.468 e. The number of ether oxygens (including phenoxy) is 2. The van der Waals surface area contributed by atoms with E-state index in [0.29, 0.717) is 51.8 Å². The number of anilines is 1. The third-order valence-corrected chi connectivity index (χ3v) is 6.90. The molecule has 2 aromatic carbocycles. The summed E-state index contributed by atoms with van der Waals surface area (Å²) in [5.41, 5.74) is 2.50. The summed E-state index contributed by atoms with van der Waals surface area (Å²) < 4.78 is 41.8. The van der Waals surface area contributed by atoms with Crippen LogP contribution in [0.25, 0.3) is 44.0 Å². The standard InChI is InChI=1S/C29H23ClF2N6O2/c1-3-18-22(31)7-6-15-9-17(40-14-39-2)10-20(23(15)18)25-24(32)26-21(13-34-25)28(38-29(30)37-26)36-12-16-11-35-27-19(16)5-4-8-33-27/h4-11,13H,3,12,14H2,1-2H3,(H,33,35)(H,36,37,38). The number of methoxy groups -OCH3 is 1. The minimum absolute atomic E-state index is 0.00917. The summed E-state index contributed by atoms with van der Waals surface area (Å²) in [7, 11) is 1.50. The predicted molar refractivity (Wildman–Crippen MR) is 151 cm³/mol. The number of aryl methyl sites for hydroxylation is 1. The van der Waals surface area contributed by atoms with Crippen molar-refractivity contribution in [1.29, 1.82) is 0 Å². The van der Waals surface area contributed by atoms with Gasteiger partial charge in [-0.25, -0.2) is 23.7 Å². The lowest BCUT2D eigenvalue weighted by Gasteiger charge is -2.16. The monoisotopic (exact) mass is 560 g/mol. The minimum Gasteiger partial charge on any atom is -0.468 e. The Morgan fingerprint density at radius 1 is 1.07 bits per heavy atom. The Morgan fingerprint density at radius 3 is 2.77 bits per heavy atom. The summed E-state index contributed by atoms with van der Waals surface area (Å²) >= 11 is 6.25. The zero-order valence-corrected chi connectivity index (χ0v) is 22.3. The lowest BCUT2D eigenvalue weighted by Crippen LogP contribution is -2.05. The average molecular weight is 561 g/mol. The SMILES string of the molecule is CCc1c(F)ccc2cc(OCOC)cc(-c3ncc4c(NCc5c[nH]c6ncccc56)nc(Cl)nc4c3F)c12. The predicted octanol–water partition coefficient (Wildman–Crippen LogP) is 6.81. The van der Waals surface area contributed by atoms with Gasteiger partial charge < -0.3 is 19.8 Å². The number of aromatic amines is 1. The van der Waals surface area contributed by atoms with Crippen molar-refractivity contribution in [1.82, 2.24) is 24.9 Å². The average Bonchev–Trinajstić information content (AvgIpc) is 3.38. The van der Waals surface area contributed by atoms with E-state index in [-0.39, 0.29) is 29.1 Å². The second-order valence-electron chi connectivity index (χ2n) is 9.09. The topological polar surface area (TPSA) is 97.8 Å². The Kier molecular flexibility index (Phi) is 6.87. The third kappa shape index (κ3) is 4.55.